The number of urea groups is 1. The third-order valence-electron chi connectivity index (χ3n) is 2.93. The first-order valence-corrected chi connectivity index (χ1v) is 9.01. The van der Waals surface area contributed by atoms with Gasteiger partial charge in [0.1, 0.15) is 23.1 Å². The number of anilines is 1. The van der Waals surface area contributed by atoms with Crippen molar-refractivity contribution in [2.24, 2.45) is 0 Å². The van der Waals surface area contributed by atoms with E-state index >= 15 is 0 Å². The molecule has 0 aliphatic rings. The quantitative estimate of drug-likeness (QED) is 0.689. The van der Waals surface area contributed by atoms with Gasteiger partial charge in [-0.2, -0.15) is 15.0 Å². The van der Waals surface area contributed by atoms with Gasteiger partial charge in [0.15, 0.2) is 5.78 Å². The van der Waals surface area contributed by atoms with Gasteiger partial charge < -0.3 is 9.47 Å². The van der Waals surface area contributed by atoms with E-state index in [0.717, 1.165) is 0 Å². The van der Waals surface area contributed by atoms with Crippen LogP contribution in [0.1, 0.15) is 12.7 Å². The Morgan fingerprint density at radius 1 is 1.15 bits per heavy atom. The van der Waals surface area contributed by atoms with E-state index in [9.17, 15) is 18.0 Å². The Morgan fingerprint density at radius 3 is 2.52 bits per heavy atom. The van der Waals surface area contributed by atoms with E-state index < -0.39 is 16.1 Å². The van der Waals surface area contributed by atoms with E-state index in [1.54, 1.807) is 6.92 Å². The van der Waals surface area contributed by atoms with Crippen molar-refractivity contribution < 1.29 is 27.5 Å². The van der Waals surface area contributed by atoms with Crippen molar-refractivity contribution >= 4 is 27.8 Å². The number of amides is 2. The summed E-state index contributed by atoms with van der Waals surface area (Å²) in [5, 5.41) is 2.19. The molecule has 1 heterocycles. The lowest BCUT2D eigenvalue weighted by Gasteiger charge is -2.12. The van der Waals surface area contributed by atoms with Gasteiger partial charge in [-0.1, -0.05) is 12.1 Å². The molecule has 0 saturated heterocycles. The number of aryl methyl sites for hydroxylation is 1. The lowest BCUT2D eigenvalue weighted by Crippen LogP contribution is -2.35. The van der Waals surface area contributed by atoms with E-state index in [-0.39, 0.29) is 40.8 Å². The van der Waals surface area contributed by atoms with Crippen molar-refractivity contribution in [2.45, 2.75) is 18.7 Å². The van der Waals surface area contributed by atoms with Gasteiger partial charge in [0.25, 0.3) is 10.0 Å². The monoisotopic (exact) mass is 395 g/mol. The van der Waals surface area contributed by atoms with Gasteiger partial charge in [-0.25, -0.2) is 17.9 Å². The maximum atomic E-state index is 12.5. The average molecular weight is 395 g/mol. The Morgan fingerprint density at radius 2 is 1.85 bits per heavy atom. The first kappa shape index (κ1) is 20.0. The molecule has 2 amide bonds. The van der Waals surface area contributed by atoms with Gasteiger partial charge in [-0.3, -0.25) is 10.1 Å². The van der Waals surface area contributed by atoms with Gasteiger partial charge in [-0.15, -0.1) is 0 Å². The number of nitrogens with one attached hydrogen (secondary N) is 2. The Balaban J connectivity index is 2.18. The first-order valence-electron chi connectivity index (χ1n) is 7.53. The van der Waals surface area contributed by atoms with Crippen molar-refractivity contribution in [3.05, 3.63) is 30.1 Å². The minimum atomic E-state index is -4.28. The number of nitrogens with zero attached hydrogens (tertiary/aromatic N) is 3. The van der Waals surface area contributed by atoms with Crippen molar-refractivity contribution in [1.82, 2.24) is 19.7 Å². The molecule has 27 heavy (non-hydrogen) atoms. The maximum absolute atomic E-state index is 12.5. The summed E-state index contributed by atoms with van der Waals surface area (Å²) in [6, 6.07) is 4.46. The second-order valence-corrected chi connectivity index (χ2v) is 6.84. The topological polar surface area (TPSA) is 149 Å². The molecule has 12 heteroatoms. The van der Waals surface area contributed by atoms with E-state index in [2.05, 4.69) is 20.3 Å². The Labute approximate surface area is 155 Å². The van der Waals surface area contributed by atoms with Crippen LogP contribution in [0.4, 0.5) is 10.7 Å². The van der Waals surface area contributed by atoms with Crippen LogP contribution in [0.3, 0.4) is 0 Å². The molecule has 0 atom stereocenters. The predicted octanol–water partition coefficient (Wildman–Crippen LogP) is 0.667. The second kappa shape index (κ2) is 8.40. The van der Waals surface area contributed by atoms with Crippen molar-refractivity contribution in [3.63, 3.8) is 0 Å². The zero-order valence-electron chi connectivity index (χ0n) is 14.7. The SMILES string of the molecule is COc1nc(C)nc(NC(=O)NS(=O)(=O)c2ccccc2OCC(C)=O)n1. The third kappa shape index (κ3) is 5.60. The summed E-state index contributed by atoms with van der Waals surface area (Å²) >= 11 is 0. The number of carbonyl (C=O) groups excluding carboxylic acids is 2. The van der Waals surface area contributed by atoms with Gasteiger partial charge >= 0.3 is 12.0 Å². The molecule has 0 radical (unpaired) electrons. The molecular formula is C15H17N5O6S. The number of aromatic nitrogens is 3. The van der Waals surface area contributed by atoms with Gasteiger partial charge in [0.2, 0.25) is 5.95 Å². The van der Waals surface area contributed by atoms with E-state index in [0.29, 0.717) is 0 Å². The van der Waals surface area contributed by atoms with Crippen LogP contribution in [0.5, 0.6) is 11.8 Å². The van der Waals surface area contributed by atoms with Gasteiger partial charge in [-0.05, 0) is 26.0 Å². The Kier molecular flexibility index (Phi) is 6.23. The highest BCUT2D eigenvalue weighted by Gasteiger charge is 2.23. The predicted molar refractivity (Wildman–Crippen MR) is 93.1 cm³/mol. The molecule has 2 N–H and O–H groups in total. The standard InChI is InChI=1S/C15H17N5O6S/c1-9(21)8-26-11-6-4-5-7-12(11)27(23,24)20-14(22)18-13-16-10(2)17-15(19-13)25-3/h4-7H,8H2,1-3H3,(H2,16,17,18,19,20,22). The highest BCUT2D eigenvalue weighted by atomic mass is 32.2. The zero-order chi connectivity index (χ0) is 20.0. The van der Waals surface area contributed by atoms with Crippen molar-refractivity contribution in [1.29, 1.82) is 0 Å². The number of hydrogen-bond donors (Lipinski definition) is 2. The summed E-state index contributed by atoms with van der Waals surface area (Å²) in [6.07, 6.45) is 0. The number of ether oxygens (including phenoxy) is 2. The number of hydrogen-bond acceptors (Lipinski definition) is 9. The van der Waals surface area contributed by atoms with Crippen molar-refractivity contribution in [2.75, 3.05) is 19.0 Å². The minimum Gasteiger partial charge on any atom is -0.484 e. The molecule has 2 aromatic rings. The lowest BCUT2D eigenvalue weighted by molar-refractivity contribution is -0.118. The summed E-state index contributed by atoms with van der Waals surface area (Å²) in [4.78, 5) is 34.3. The molecule has 11 nitrogen and oxygen atoms in total. The van der Waals surface area contributed by atoms with Crippen LogP contribution in [-0.4, -0.2) is 48.9 Å². The summed E-state index contributed by atoms with van der Waals surface area (Å²) < 4.78 is 36.8. The largest absolute Gasteiger partial charge is 0.484 e. The molecular weight excluding hydrogens is 378 g/mol. The molecule has 0 unspecified atom stereocenters. The van der Waals surface area contributed by atoms with Crippen LogP contribution >= 0.6 is 0 Å². The van der Waals surface area contributed by atoms with Crippen LogP contribution in [0.15, 0.2) is 29.2 Å². The van der Waals surface area contributed by atoms with E-state index in [1.165, 1.54) is 38.3 Å². The fraction of sp³-hybridized carbons (Fsp3) is 0.267. The number of benzene rings is 1. The molecule has 1 aromatic carbocycles. The minimum absolute atomic E-state index is 0.0383. The lowest BCUT2D eigenvalue weighted by atomic mass is 10.3. The normalized spacial score (nSPS) is 10.8. The fourth-order valence-corrected chi connectivity index (χ4v) is 2.93. The fourth-order valence-electron chi connectivity index (χ4n) is 1.88. The summed E-state index contributed by atoms with van der Waals surface area (Å²) in [6.45, 7) is 2.54. The number of ketones is 1. The number of Topliss-reactive ketones (excluding diaryl/α,β-unsaturated/α-hetero) is 1. The van der Waals surface area contributed by atoms with Gasteiger partial charge in [0, 0.05) is 0 Å². The van der Waals surface area contributed by atoms with E-state index in [4.69, 9.17) is 9.47 Å². The average Bonchev–Trinajstić information content (AvgIpc) is 2.59. The molecule has 0 bridgehead atoms. The first-order chi connectivity index (χ1) is 12.7. The highest BCUT2D eigenvalue weighted by Crippen LogP contribution is 2.23. The number of methoxy groups -OCH3 is 1. The van der Waals surface area contributed by atoms with E-state index in [1.807, 2.05) is 4.72 Å². The third-order valence-corrected chi connectivity index (χ3v) is 4.30. The smallest absolute Gasteiger partial charge is 0.335 e. The molecule has 1 aromatic heterocycles. The summed E-state index contributed by atoms with van der Waals surface area (Å²) in [7, 11) is -2.95. The second-order valence-electron chi connectivity index (χ2n) is 5.19. The van der Waals surface area contributed by atoms with Crippen LogP contribution in [0, 0.1) is 6.92 Å². The molecule has 0 saturated carbocycles. The van der Waals surface area contributed by atoms with Crippen LogP contribution in [0.25, 0.3) is 0 Å². The number of sulfonamides is 1. The molecule has 0 aliphatic heterocycles. The summed E-state index contributed by atoms with van der Waals surface area (Å²) in [5.41, 5.74) is 0. The number of para-hydroxylation sites is 1. The van der Waals surface area contributed by atoms with Gasteiger partial charge in [0.05, 0.1) is 7.11 Å². The molecule has 0 aliphatic carbocycles. The molecule has 0 spiro atoms. The maximum Gasteiger partial charge on any atom is 0.335 e. The highest BCUT2D eigenvalue weighted by molar-refractivity contribution is 7.90. The van der Waals surface area contributed by atoms with Crippen LogP contribution in [-0.2, 0) is 14.8 Å². The molecule has 144 valence electrons. The zero-order valence-corrected chi connectivity index (χ0v) is 15.5. The summed E-state index contributed by atoms with van der Waals surface area (Å²) in [5.74, 6) is -0.270. The number of rotatable bonds is 7. The van der Waals surface area contributed by atoms with Crippen LogP contribution in [0.2, 0.25) is 0 Å². The Bertz CT molecular complexity index is 963. The van der Waals surface area contributed by atoms with Crippen LogP contribution < -0.4 is 19.5 Å². The molecule has 2 rings (SSSR count). The number of carbonyl (C=O) groups is 2. The Hall–Kier alpha value is -3.28. The molecule has 0 fully saturated rings. The van der Waals surface area contributed by atoms with Crippen molar-refractivity contribution in [3.8, 4) is 11.8 Å².